The molecule has 12 heteroatoms. The van der Waals surface area contributed by atoms with E-state index in [2.05, 4.69) is 20.1 Å². The average Bonchev–Trinajstić information content (AvgIpc) is 2.90. The summed E-state index contributed by atoms with van der Waals surface area (Å²) >= 11 is 7.64. The summed E-state index contributed by atoms with van der Waals surface area (Å²) in [4.78, 5) is 42.8. The van der Waals surface area contributed by atoms with Crippen molar-refractivity contribution in [1.29, 1.82) is 0 Å². The van der Waals surface area contributed by atoms with Crippen LogP contribution >= 0.6 is 23.4 Å². The van der Waals surface area contributed by atoms with Gasteiger partial charge in [0, 0.05) is 63.5 Å². The van der Waals surface area contributed by atoms with Crippen LogP contribution in [-0.2, 0) is 4.79 Å². The van der Waals surface area contributed by atoms with Gasteiger partial charge >= 0.3 is 6.03 Å². The van der Waals surface area contributed by atoms with E-state index in [9.17, 15) is 9.59 Å². The number of methoxy groups -OCH3 is 1. The van der Waals surface area contributed by atoms with Gasteiger partial charge in [0.2, 0.25) is 5.91 Å². The van der Waals surface area contributed by atoms with Crippen molar-refractivity contribution in [3.63, 3.8) is 0 Å². The number of nitrogens with zero attached hydrogens (tertiary/aromatic N) is 6. The van der Waals surface area contributed by atoms with E-state index in [1.807, 2.05) is 61.8 Å². The molecule has 2 aliphatic heterocycles. The highest BCUT2D eigenvalue weighted by molar-refractivity contribution is 7.99. The van der Waals surface area contributed by atoms with Crippen molar-refractivity contribution in [3.8, 4) is 5.75 Å². The largest absolute Gasteiger partial charge is 0.495 e. The van der Waals surface area contributed by atoms with Crippen LogP contribution in [0.2, 0.25) is 5.15 Å². The van der Waals surface area contributed by atoms with E-state index in [0.29, 0.717) is 48.9 Å². The number of urea groups is 1. The number of thioether (sulfide) groups is 1. The summed E-state index contributed by atoms with van der Waals surface area (Å²) < 4.78 is 5.49. The van der Waals surface area contributed by atoms with Gasteiger partial charge in [-0.3, -0.25) is 4.79 Å². The molecule has 2 fully saturated rings. The van der Waals surface area contributed by atoms with E-state index in [1.54, 1.807) is 13.2 Å². The van der Waals surface area contributed by atoms with E-state index >= 15 is 0 Å². The van der Waals surface area contributed by atoms with Gasteiger partial charge in [0.15, 0.2) is 5.16 Å². The van der Waals surface area contributed by atoms with Gasteiger partial charge in [-0.05, 0) is 39.8 Å². The van der Waals surface area contributed by atoms with Gasteiger partial charge in [-0.25, -0.2) is 14.8 Å². The minimum absolute atomic E-state index is 0.00189. The third-order valence-corrected chi connectivity index (χ3v) is 7.76. The first-order valence-corrected chi connectivity index (χ1v) is 14.6. The lowest BCUT2D eigenvalue weighted by Gasteiger charge is -2.41. The Hall–Kier alpha value is -2.92. The highest BCUT2D eigenvalue weighted by atomic mass is 35.5. The minimum atomic E-state index is -0.291. The zero-order valence-electron chi connectivity index (χ0n) is 23.3. The van der Waals surface area contributed by atoms with E-state index < -0.39 is 0 Å². The monoisotopic (exact) mass is 575 g/mol. The zero-order valence-corrected chi connectivity index (χ0v) is 24.9. The Morgan fingerprint density at radius 1 is 1.08 bits per heavy atom. The molecule has 0 aliphatic carbocycles. The fourth-order valence-corrected chi connectivity index (χ4v) is 5.76. The SMILES string of the molecule is COc1ccccc1N1CCN(C(=O)CSc2nc(Cl)cc(N3CCN(C(=O)NC(C)(C)C)C(C)C3)n2)CC1. The molecule has 1 N–H and O–H groups in total. The molecule has 2 aliphatic rings. The maximum atomic E-state index is 13.0. The summed E-state index contributed by atoms with van der Waals surface area (Å²) in [6.45, 7) is 12.6. The normalized spacial score (nSPS) is 18.3. The molecule has 1 atom stereocenters. The number of amides is 3. The van der Waals surface area contributed by atoms with Gasteiger partial charge in [-0.1, -0.05) is 35.5 Å². The second-order valence-corrected chi connectivity index (χ2v) is 12.2. The number of anilines is 2. The summed E-state index contributed by atoms with van der Waals surface area (Å²) in [7, 11) is 1.67. The lowest BCUT2D eigenvalue weighted by atomic mass is 10.1. The van der Waals surface area contributed by atoms with Gasteiger partial charge in [0.05, 0.1) is 18.6 Å². The Bertz CT molecular complexity index is 1170. The number of hydrogen-bond acceptors (Lipinski definition) is 8. The first-order chi connectivity index (χ1) is 18.5. The molecule has 3 amide bonds. The van der Waals surface area contributed by atoms with E-state index in [-0.39, 0.29) is 29.3 Å². The van der Waals surface area contributed by atoms with E-state index in [1.165, 1.54) is 11.8 Å². The first-order valence-electron chi connectivity index (χ1n) is 13.2. The van der Waals surface area contributed by atoms with Crippen molar-refractivity contribution < 1.29 is 14.3 Å². The van der Waals surface area contributed by atoms with Crippen molar-refractivity contribution in [2.45, 2.75) is 44.4 Å². The van der Waals surface area contributed by atoms with Crippen LogP contribution < -0.4 is 19.9 Å². The number of benzene rings is 1. The molecular weight excluding hydrogens is 538 g/mol. The van der Waals surface area contributed by atoms with Crippen LogP contribution in [0.1, 0.15) is 27.7 Å². The highest BCUT2D eigenvalue weighted by Crippen LogP contribution is 2.29. The lowest BCUT2D eigenvalue weighted by Crippen LogP contribution is -2.59. The van der Waals surface area contributed by atoms with Crippen LogP contribution in [0, 0.1) is 0 Å². The first kappa shape index (κ1) is 29.1. The molecule has 4 rings (SSSR count). The zero-order chi connectivity index (χ0) is 28.2. The number of nitrogens with one attached hydrogen (secondary N) is 1. The Balaban J connectivity index is 1.30. The van der Waals surface area contributed by atoms with Crippen LogP contribution in [0.25, 0.3) is 0 Å². The average molecular weight is 576 g/mol. The number of halogens is 1. The molecule has 0 saturated carbocycles. The highest BCUT2D eigenvalue weighted by Gasteiger charge is 2.30. The third kappa shape index (κ3) is 7.60. The third-order valence-electron chi connectivity index (χ3n) is 6.74. The molecule has 3 heterocycles. The van der Waals surface area contributed by atoms with E-state index in [4.69, 9.17) is 21.3 Å². The quantitative estimate of drug-likeness (QED) is 0.317. The fraction of sp³-hybridized carbons (Fsp3) is 0.556. The summed E-state index contributed by atoms with van der Waals surface area (Å²) in [5.41, 5.74) is 0.757. The Morgan fingerprint density at radius 2 is 1.77 bits per heavy atom. The maximum Gasteiger partial charge on any atom is 0.318 e. The van der Waals surface area contributed by atoms with Gasteiger partial charge in [0.1, 0.15) is 16.7 Å². The van der Waals surface area contributed by atoms with Crippen LogP contribution in [0.3, 0.4) is 0 Å². The Labute approximate surface area is 240 Å². The summed E-state index contributed by atoms with van der Waals surface area (Å²) in [6.07, 6.45) is 0. The number of carbonyl (C=O) groups is 2. The van der Waals surface area contributed by atoms with Crippen molar-refractivity contribution in [3.05, 3.63) is 35.5 Å². The molecule has 1 aromatic carbocycles. The maximum absolute atomic E-state index is 13.0. The van der Waals surface area contributed by atoms with E-state index in [0.717, 1.165) is 24.5 Å². The Morgan fingerprint density at radius 3 is 2.44 bits per heavy atom. The van der Waals surface area contributed by atoms with Crippen molar-refractivity contribution >= 4 is 46.8 Å². The smallest absolute Gasteiger partial charge is 0.318 e. The number of rotatable bonds is 6. The van der Waals surface area contributed by atoms with Gasteiger partial charge in [0.25, 0.3) is 0 Å². The minimum Gasteiger partial charge on any atom is -0.495 e. The number of piperazine rings is 2. The summed E-state index contributed by atoms with van der Waals surface area (Å²) in [6, 6.07) is 9.62. The molecule has 0 spiro atoms. The summed E-state index contributed by atoms with van der Waals surface area (Å²) in [5, 5.41) is 3.84. The number of ether oxygens (including phenoxy) is 1. The van der Waals surface area contributed by atoms with Gasteiger partial charge in [-0.2, -0.15) is 0 Å². The predicted octanol–water partition coefficient (Wildman–Crippen LogP) is 3.60. The van der Waals surface area contributed by atoms with Crippen molar-refractivity contribution in [2.24, 2.45) is 0 Å². The van der Waals surface area contributed by atoms with Crippen molar-refractivity contribution in [1.82, 2.24) is 25.1 Å². The molecule has 0 bridgehead atoms. The Kier molecular flexibility index (Phi) is 9.32. The molecule has 212 valence electrons. The fourth-order valence-electron chi connectivity index (χ4n) is 4.78. The van der Waals surface area contributed by atoms with Crippen LogP contribution in [-0.4, -0.2) is 102 Å². The molecule has 39 heavy (non-hydrogen) atoms. The van der Waals surface area contributed by atoms with Crippen LogP contribution in [0.5, 0.6) is 5.75 Å². The van der Waals surface area contributed by atoms with Gasteiger partial charge in [-0.15, -0.1) is 0 Å². The number of aromatic nitrogens is 2. The standard InChI is InChI=1S/C27H38ClN7O3S/c1-19-17-34(14-15-35(19)26(37)31-27(2,3)4)23-16-22(28)29-25(30-23)39-18-24(36)33-12-10-32(11-13-33)20-8-6-7-9-21(20)38-5/h6-9,16,19H,10-15,17-18H2,1-5H3,(H,31,37). The second-order valence-electron chi connectivity index (χ2n) is 10.8. The molecule has 2 saturated heterocycles. The molecule has 10 nitrogen and oxygen atoms in total. The van der Waals surface area contributed by atoms with Crippen LogP contribution in [0.15, 0.2) is 35.5 Å². The topological polar surface area (TPSA) is 94.1 Å². The molecular formula is C27H38ClN7O3S. The van der Waals surface area contributed by atoms with Gasteiger partial charge < -0.3 is 29.7 Å². The lowest BCUT2D eigenvalue weighted by molar-refractivity contribution is -0.128. The molecule has 1 unspecified atom stereocenters. The predicted molar refractivity (Wildman–Crippen MR) is 156 cm³/mol. The number of carbonyl (C=O) groups excluding carboxylic acids is 2. The number of hydrogen-bond donors (Lipinski definition) is 1. The summed E-state index contributed by atoms with van der Waals surface area (Å²) in [5.74, 6) is 1.84. The number of para-hydroxylation sites is 2. The van der Waals surface area contributed by atoms with Crippen molar-refractivity contribution in [2.75, 3.05) is 68.5 Å². The second kappa shape index (κ2) is 12.5. The van der Waals surface area contributed by atoms with Crippen LogP contribution in [0.4, 0.5) is 16.3 Å². The molecule has 2 aromatic rings. The molecule has 0 radical (unpaired) electrons. The molecule has 1 aromatic heterocycles.